The van der Waals surface area contributed by atoms with E-state index < -0.39 is 0 Å². The second-order valence-electron chi connectivity index (χ2n) is 10.3. The van der Waals surface area contributed by atoms with E-state index in [0.717, 1.165) is 18.5 Å². The van der Waals surface area contributed by atoms with Gasteiger partial charge in [0.25, 0.3) is 0 Å². The fourth-order valence-corrected chi connectivity index (χ4v) is 4.08. The van der Waals surface area contributed by atoms with Crippen molar-refractivity contribution in [2.45, 2.75) is 54.4 Å². The van der Waals surface area contributed by atoms with Crippen LogP contribution in [-0.4, -0.2) is 9.38 Å². The number of hydrogen-bond donors (Lipinski definition) is 0. The molecule has 2 heteroatoms. The smallest absolute Gasteiger partial charge is 0.145 e. The fraction of sp³-hybridized carbons (Fsp3) is 0.400. The van der Waals surface area contributed by atoms with E-state index in [2.05, 4.69) is 94.6 Å². The number of nitrogens with zero attached hydrogens (tertiary/aromatic N) is 2. The number of benzene rings is 2. The highest BCUT2D eigenvalue weighted by Crippen LogP contribution is 2.32. The fourth-order valence-electron chi connectivity index (χ4n) is 4.08. The summed E-state index contributed by atoms with van der Waals surface area (Å²) in [4.78, 5) is 5.02. The van der Waals surface area contributed by atoms with Gasteiger partial charge in [-0.25, -0.2) is 4.98 Å². The lowest BCUT2D eigenvalue weighted by molar-refractivity contribution is 0.407. The maximum Gasteiger partial charge on any atom is 0.145 e. The average molecular weight is 359 g/mol. The number of rotatable bonds is 2. The van der Waals surface area contributed by atoms with Crippen LogP contribution in [0.5, 0.6) is 0 Å². The van der Waals surface area contributed by atoms with Crippen molar-refractivity contribution < 1.29 is 0 Å². The van der Waals surface area contributed by atoms with Crippen LogP contribution in [0.1, 0.15) is 52.8 Å². The first-order chi connectivity index (χ1) is 12.6. The molecule has 2 nitrogen and oxygen atoms in total. The van der Waals surface area contributed by atoms with E-state index in [1.165, 1.54) is 32.9 Å². The van der Waals surface area contributed by atoms with Crippen molar-refractivity contribution in [1.82, 2.24) is 9.38 Å². The summed E-state index contributed by atoms with van der Waals surface area (Å²) in [5.74, 6) is 0. The zero-order valence-electron chi connectivity index (χ0n) is 17.4. The molecule has 0 saturated carbocycles. The lowest BCUT2D eigenvalue weighted by Gasteiger charge is -2.19. The maximum absolute atomic E-state index is 5.02. The van der Waals surface area contributed by atoms with Crippen molar-refractivity contribution in [3.05, 3.63) is 59.9 Å². The van der Waals surface area contributed by atoms with Crippen LogP contribution in [0.25, 0.3) is 27.3 Å². The Morgan fingerprint density at radius 3 is 2.11 bits per heavy atom. The molecule has 2 aromatic heterocycles. The lowest BCUT2D eigenvalue weighted by atomic mass is 9.87. The van der Waals surface area contributed by atoms with E-state index in [0.29, 0.717) is 0 Å². The summed E-state index contributed by atoms with van der Waals surface area (Å²) in [5, 5.41) is 3.85. The number of pyridine rings is 1. The Bertz CT molecular complexity index is 1130. The molecular weight excluding hydrogens is 328 g/mol. The number of aromatic nitrogens is 2. The summed E-state index contributed by atoms with van der Waals surface area (Å²) in [6.07, 6.45) is 4.29. The number of imidazole rings is 1. The minimum absolute atomic E-state index is 0.226. The molecule has 0 atom stereocenters. The molecule has 4 rings (SSSR count). The molecular formula is C25H30N2. The molecule has 0 aliphatic rings. The first kappa shape index (κ1) is 18.0. The first-order valence-corrected chi connectivity index (χ1v) is 9.92. The topological polar surface area (TPSA) is 17.3 Å². The predicted molar refractivity (Wildman–Crippen MR) is 117 cm³/mol. The van der Waals surface area contributed by atoms with Crippen LogP contribution < -0.4 is 0 Å². The van der Waals surface area contributed by atoms with Gasteiger partial charge in [-0.15, -0.1) is 0 Å². The summed E-state index contributed by atoms with van der Waals surface area (Å²) >= 11 is 0. The van der Waals surface area contributed by atoms with Gasteiger partial charge < -0.3 is 0 Å². The number of hydrogen-bond acceptors (Lipinski definition) is 1. The van der Waals surface area contributed by atoms with E-state index in [4.69, 9.17) is 4.98 Å². The maximum atomic E-state index is 5.02. The minimum atomic E-state index is 0.226. The molecule has 27 heavy (non-hydrogen) atoms. The Balaban J connectivity index is 2.01. The van der Waals surface area contributed by atoms with Gasteiger partial charge in [0, 0.05) is 17.0 Å². The van der Waals surface area contributed by atoms with Gasteiger partial charge in [0.2, 0.25) is 0 Å². The molecule has 0 aliphatic carbocycles. The highest BCUT2D eigenvalue weighted by Gasteiger charge is 2.17. The Kier molecular flexibility index (Phi) is 4.06. The summed E-state index contributed by atoms with van der Waals surface area (Å²) in [5.41, 5.74) is 5.38. The highest BCUT2D eigenvalue weighted by atomic mass is 15.0. The second-order valence-corrected chi connectivity index (χ2v) is 10.3. The summed E-state index contributed by atoms with van der Waals surface area (Å²) < 4.78 is 2.29. The standard InChI is InChI=1S/C25H30N2/c1-24(2,3)14-17-11-12-22-21(13-17)19-9-7-8-10-20(19)23-26-18(16-27(22)23)15-25(4,5)6/h7-13,16H,14-15H2,1-6H3. The third-order valence-electron chi connectivity index (χ3n) is 4.98. The monoisotopic (exact) mass is 358 g/mol. The molecule has 0 bridgehead atoms. The third kappa shape index (κ3) is 3.58. The normalized spacial score (nSPS) is 13.1. The molecule has 0 spiro atoms. The van der Waals surface area contributed by atoms with E-state index in [-0.39, 0.29) is 10.8 Å². The van der Waals surface area contributed by atoms with Crippen LogP contribution in [0.15, 0.2) is 48.7 Å². The molecule has 0 fully saturated rings. The van der Waals surface area contributed by atoms with Gasteiger partial charge >= 0.3 is 0 Å². The zero-order valence-corrected chi connectivity index (χ0v) is 17.4. The van der Waals surface area contributed by atoms with Crippen molar-refractivity contribution in [2.24, 2.45) is 10.8 Å². The Morgan fingerprint density at radius 1 is 0.778 bits per heavy atom. The SMILES string of the molecule is CC(C)(C)Cc1ccc2c(c1)c1ccccc1c1nc(CC(C)(C)C)cn21. The highest BCUT2D eigenvalue weighted by molar-refractivity contribution is 6.11. The van der Waals surface area contributed by atoms with Crippen LogP contribution in [0, 0.1) is 10.8 Å². The van der Waals surface area contributed by atoms with Crippen molar-refractivity contribution >= 4 is 27.3 Å². The van der Waals surface area contributed by atoms with Crippen molar-refractivity contribution in [2.75, 3.05) is 0 Å². The van der Waals surface area contributed by atoms with E-state index in [1.807, 2.05) is 0 Å². The summed E-state index contributed by atoms with van der Waals surface area (Å²) in [7, 11) is 0. The van der Waals surface area contributed by atoms with Gasteiger partial charge in [0.05, 0.1) is 11.2 Å². The van der Waals surface area contributed by atoms with Gasteiger partial charge in [-0.05, 0) is 46.8 Å². The van der Waals surface area contributed by atoms with Crippen LogP contribution >= 0.6 is 0 Å². The Labute approximate surface area is 162 Å². The molecule has 0 amide bonds. The van der Waals surface area contributed by atoms with Crippen molar-refractivity contribution in [1.29, 1.82) is 0 Å². The van der Waals surface area contributed by atoms with Gasteiger partial charge in [0.15, 0.2) is 0 Å². The molecule has 0 N–H and O–H groups in total. The van der Waals surface area contributed by atoms with Crippen molar-refractivity contribution in [3.8, 4) is 0 Å². The van der Waals surface area contributed by atoms with Gasteiger partial charge in [-0.3, -0.25) is 4.40 Å². The molecule has 0 unspecified atom stereocenters. The molecule has 4 aromatic rings. The Hall–Kier alpha value is -2.35. The van der Waals surface area contributed by atoms with E-state index >= 15 is 0 Å². The third-order valence-corrected chi connectivity index (χ3v) is 4.98. The summed E-state index contributed by atoms with van der Waals surface area (Å²) in [6.45, 7) is 13.7. The van der Waals surface area contributed by atoms with E-state index in [9.17, 15) is 0 Å². The van der Waals surface area contributed by atoms with Crippen LogP contribution in [0.4, 0.5) is 0 Å². The molecule has 0 radical (unpaired) electrons. The van der Waals surface area contributed by atoms with Crippen LogP contribution in [-0.2, 0) is 12.8 Å². The van der Waals surface area contributed by atoms with E-state index in [1.54, 1.807) is 0 Å². The molecule has 140 valence electrons. The second kappa shape index (κ2) is 6.09. The molecule has 2 aromatic carbocycles. The molecule has 0 saturated heterocycles. The predicted octanol–water partition coefficient (Wildman–Crippen LogP) is 6.82. The minimum Gasteiger partial charge on any atom is -0.299 e. The first-order valence-electron chi connectivity index (χ1n) is 9.92. The average Bonchev–Trinajstić information content (AvgIpc) is 2.95. The summed E-state index contributed by atoms with van der Waals surface area (Å²) in [6, 6.07) is 15.6. The largest absolute Gasteiger partial charge is 0.299 e. The van der Waals surface area contributed by atoms with Gasteiger partial charge in [0.1, 0.15) is 5.65 Å². The van der Waals surface area contributed by atoms with Crippen LogP contribution in [0.2, 0.25) is 0 Å². The van der Waals surface area contributed by atoms with Crippen molar-refractivity contribution in [3.63, 3.8) is 0 Å². The van der Waals surface area contributed by atoms with Gasteiger partial charge in [-0.2, -0.15) is 0 Å². The zero-order chi connectivity index (χ0) is 19.4. The Morgan fingerprint density at radius 2 is 1.44 bits per heavy atom. The number of fused-ring (bicyclic) bond motifs is 6. The lowest BCUT2D eigenvalue weighted by Crippen LogP contribution is -2.09. The molecule has 2 heterocycles. The quantitative estimate of drug-likeness (QED) is 0.359. The van der Waals surface area contributed by atoms with Gasteiger partial charge in [-0.1, -0.05) is 71.9 Å². The van der Waals surface area contributed by atoms with Crippen LogP contribution in [0.3, 0.4) is 0 Å². The molecule has 0 aliphatic heterocycles.